The first-order valence-electron chi connectivity index (χ1n) is 6.81. The third-order valence-electron chi connectivity index (χ3n) is 2.90. The fourth-order valence-electron chi connectivity index (χ4n) is 1.27. The summed E-state index contributed by atoms with van der Waals surface area (Å²) < 4.78 is 0. The van der Waals surface area contributed by atoms with Crippen LogP contribution in [0.4, 0.5) is 0 Å². The Morgan fingerprint density at radius 1 is 0.583 bits per heavy atom. The van der Waals surface area contributed by atoms with E-state index >= 15 is 0 Å². The van der Waals surface area contributed by atoms with E-state index in [1.807, 2.05) is 0 Å². The maximum atomic E-state index is 10.5. The van der Waals surface area contributed by atoms with E-state index in [2.05, 4.69) is 0 Å². The van der Waals surface area contributed by atoms with Gasteiger partial charge in [0.25, 0.3) is 0 Å². The molecule has 0 fully saturated rings. The molecule has 0 heterocycles. The third-order valence-corrected chi connectivity index (χ3v) is 2.90. The molecular formula is C12H26O12. The summed E-state index contributed by atoms with van der Waals surface area (Å²) in [5.74, 6) is -1.00. The van der Waals surface area contributed by atoms with Gasteiger partial charge in [0.15, 0.2) is 5.78 Å². The number of hydrogen-bond acceptors (Lipinski definition) is 12. The SMILES string of the molecule is O=C(CO)[C@@H](O)[C@H](O)[C@@H](O)CO.OC[C@@H](O)[C@@H](O)[C@H](O)[C@@H](O)CO. The van der Waals surface area contributed by atoms with Crippen LogP contribution < -0.4 is 0 Å². The lowest BCUT2D eigenvalue weighted by atomic mass is 10.0. The zero-order valence-electron chi connectivity index (χ0n) is 12.7. The molecule has 0 radical (unpaired) electrons. The molecule has 0 saturated carbocycles. The van der Waals surface area contributed by atoms with Gasteiger partial charge in [0.2, 0.25) is 0 Å². The van der Waals surface area contributed by atoms with Crippen molar-refractivity contribution >= 4 is 5.78 Å². The molecule has 12 nitrogen and oxygen atoms in total. The minimum Gasteiger partial charge on any atom is -0.394 e. The van der Waals surface area contributed by atoms with Crippen LogP contribution in [0.3, 0.4) is 0 Å². The summed E-state index contributed by atoms with van der Waals surface area (Å²) in [7, 11) is 0. The van der Waals surface area contributed by atoms with Crippen LogP contribution in [-0.4, -0.2) is 131 Å². The van der Waals surface area contributed by atoms with Crippen LogP contribution in [-0.2, 0) is 4.79 Å². The summed E-state index contributed by atoms with van der Waals surface area (Å²) in [5, 5.41) is 95.2. The number of carbonyl (C=O) groups excluding carboxylic acids is 1. The van der Waals surface area contributed by atoms with E-state index in [4.69, 9.17) is 56.2 Å². The normalized spacial score (nSPS) is 20.0. The summed E-state index contributed by atoms with van der Waals surface area (Å²) in [4.78, 5) is 10.5. The molecule has 0 spiro atoms. The summed E-state index contributed by atoms with van der Waals surface area (Å²) in [6, 6.07) is 0. The van der Waals surface area contributed by atoms with E-state index in [9.17, 15) is 4.79 Å². The topological polar surface area (TPSA) is 240 Å². The molecule has 0 aromatic carbocycles. The number of aliphatic hydroxyl groups excluding tert-OH is 11. The molecule has 7 atom stereocenters. The Kier molecular flexibility index (Phi) is 14.3. The molecule has 24 heavy (non-hydrogen) atoms. The third kappa shape index (κ3) is 8.91. The summed E-state index contributed by atoms with van der Waals surface area (Å²) in [6.07, 6.45) is -11.6. The first-order chi connectivity index (χ1) is 11.1. The minimum absolute atomic E-state index is 0.726. The van der Waals surface area contributed by atoms with E-state index in [0.717, 1.165) is 0 Å². The second-order valence-electron chi connectivity index (χ2n) is 4.79. The molecule has 0 bridgehead atoms. The molecule has 0 rings (SSSR count). The molecule has 0 unspecified atom stereocenters. The molecule has 0 aliphatic rings. The Hall–Kier alpha value is -0.770. The Labute approximate surface area is 137 Å². The number of ketones is 1. The Morgan fingerprint density at radius 2 is 0.875 bits per heavy atom. The van der Waals surface area contributed by atoms with Gasteiger partial charge in [0.1, 0.15) is 49.3 Å². The van der Waals surface area contributed by atoms with E-state index in [-0.39, 0.29) is 0 Å². The molecule has 0 aromatic rings. The molecule has 146 valence electrons. The van der Waals surface area contributed by atoms with E-state index in [0.29, 0.717) is 0 Å². The number of rotatable bonds is 10. The van der Waals surface area contributed by atoms with Crippen molar-refractivity contribution in [3.8, 4) is 0 Å². The van der Waals surface area contributed by atoms with Gasteiger partial charge in [-0.1, -0.05) is 0 Å². The lowest BCUT2D eigenvalue weighted by Gasteiger charge is -2.24. The van der Waals surface area contributed by atoms with Crippen molar-refractivity contribution in [3.05, 3.63) is 0 Å². The number of hydrogen-bond donors (Lipinski definition) is 11. The molecule has 0 aliphatic heterocycles. The van der Waals surface area contributed by atoms with Crippen molar-refractivity contribution in [2.45, 2.75) is 42.7 Å². The smallest absolute Gasteiger partial charge is 0.189 e. The van der Waals surface area contributed by atoms with Crippen molar-refractivity contribution in [2.75, 3.05) is 26.4 Å². The molecular weight excluding hydrogens is 336 g/mol. The summed E-state index contributed by atoms with van der Waals surface area (Å²) in [5.41, 5.74) is 0. The van der Waals surface area contributed by atoms with Gasteiger partial charge in [-0.15, -0.1) is 0 Å². The molecule has 0 amide bonds. The van der Waals surface area contributed by atoms with Crippen molar-refractivity contribution in [2.24, 2.45) is 0 Å². The maximum absolute atomic E-state index is 10.5. The zero-order valence-corrected chi connectivity index (χ0v) is 12.7. The highest BCUT2D eigenvalue weighted by Gasteiger charge is 2.29. The zero-order chi connectivity index (χ0) is 19.4. The van der Waals surface area contributed by atoms with E-state index in [1.54, 1.807) is 0 Å². The lowest BCUT2D eigenvalue weighted by molar-refractivity contribution is -0.142. The van der Waals surface area contributed by atoms with Gasteiger partial charge >= 0.3 is 0 Å². The average molecular weight is 362 g/mol. The van der Waals surface area contributed by atoms with Gasteiger partial charge < -0.3 is 56.2 Å². The van der Waals surface area contributed by atoms with Crippen LogP contribution in [0.2, 0.25) is 0 Å². The largest absolute Gasteiger partial charge is 0.394 e. The molecule has 12 heteroatoms. The second kappa shape index (κ2) is 13.5. The number of carbonyl (C=O) groups is 1. The predicted molar refractivity (Wildman–Crippen MR) is 75.4 cm³/mol. The molecule has 0 aliphatic carbocycles. The van der Waals surface area contributed by atoms with E-state index < -0.39 is 74.9 Å². The summed E-state index contributed by atoms with van der Waals surface area (Å²) in [6.45, 7) is -3.14. The second-order valence-corrected chi connectivity index (χ2v) is 4.79. The van der Waals surface area contributed by atoms with Gasteiger partial charge in [-0.2, -0.15) is 0 Å². The van der Waals surface area contributed by atoms with Crippen LogP contribution >= 0.6 is 0 Å². The Bertz CT molecular complexity index is 313. The summed E-state index contributed by atoms with van der Waals surface area (Å²) >= 11 is 0. The van der Waals surface area contributed by atoms with Crippen LogP contribution in [0.25, 0.3) is 0 Å². The van der Waals surface area contributed by atoms with Gasteiger partial charge in [-0.05, 0) is 0 Å². The van der Waals surface area contributed by atoms with Crippen molar-refractivity contribution < 1.29 is 61.0 Å². The maximum Gasteiger partial charge on any atom is 0.189 e. The van der Waals surface area contributed by atoms with Crippen LogP contribution in [0.15, 0.2) is 0 Å². The Balaban J connectivity index is 0. The molecule has 0 saturated heterocycles. The fourth-order valence-corrected chi connectivity index (χ4v) is 1.27. The van der Waals surface area contributed by atoms with Crippen molar-refractivity contribution in [3.63, 3.8) is 0 Å². The van der Waals surface area contributed by atoms with Crippen LogP contribution in [0.5, 0.6) is 0 Å². The van der Waals surface area contributed by atoms with Gasteiger partial charge in [-0.25, -0.2) is 0 Å². The monoisotopic (exact) mass is 362 g/mol. The van der Waals surface area contributed by atoms with Crippen molar-refractivity contribution in [1.82, 2.24) is 0 Å². The fraction of sp³-hybridized carbons (Fsp3) is 0.917. The number of Topliss-reactive ketones (excluding diaryl/α,β-unsaturated/α-hetero) is 1. The van der Waals surface area contributed by atoms with E-state index in [1.165, 1.54) is 0 Å². The van der Waals surface area contributed by atoms with Crippen LogP contribution in [0.1, 0.15) is 0 Å². The highest BCUT2D eigenvalue weighted by atomic mass is 16.4. The molecule has 11 N–H and O–H groups in total. The Morgan fingerprint density at radius 3 is 1.12 bits per heavy atom. The lowest BCUT2D eigenvalue weighted by Crippen LogP contribution is -2.46. The highest BCUT2D eigenvalue weighted by molar-refractivity contribution is 5.84. The van der Waals surface area contributed by atoms with Gasteiger partial charge in [-0.3, -0.25) is 4.79 Å². The van der Waals surface area contributed by atoms with Gasteiger partial charge in [0.05, 0.1) is 19.8 Å². The quantitative estimate of drug-likeness (QED) is 0.174. The first-order valence-corrected chi connectivity index (χ1v) is 6.81. The van der Waals surface area contributed by atoms with Crippen LogP contribution in [0, 0.1) is 0 Å². The van der Waals surface area contributed by atoms with Crippen molar-refractivity contribution in [1.29, 1.82) is 0 Å². The average Bonchev–Trinajstić information content (AvgIpc) is 2.62. The highest BCUT2D eigenvalue weighted by Crippen LogP contribution is 2.04. The number of aliphatic hydroxyl groups is 11. The standard InChI is InChI=1S/C6H14O6.C6H12O6/c2*7-1-3(9)5(11)6(12)4(10)2-8/h3-12H,1-2H2;3,5-9,11-12H,1-2H2/t3-,4+,5-,6-;3-,5+,6+/m10/s1. The first kappa shape index (κ1) is 25.5. The molecule has 0 aromatic heterocycles. The minimum atomic E-state index is -1.86. The van der Waals surface area contributed by atoms with Gasteiger partial charge in [0, 0.05) is 0 Å². The predicted octanol–water partition coefficient (Wildman–Crippen LogP) is -6.96.